The summed E-state index contributed by atoms with van der Waals surface area (Å²) in [5.74, 6) is 0. The van der Waals surface area contributed by atoms with E-state index in [1.54, 1.807) is 18.2 Å². The molecule has 0 unspecified atom stereocenters. The van der Waals surface area contributed by atoms with Gasteiger partial charge in [0.1, 0.15) is 4.90 Å². The summed E-state index contributed by atoms with van der Waals surface area (Å²) in [6, 6.07) is 19.1. The van der Waals surface area contributed by atoms with Crippen molar-refractivity contribution in [2.75, 3.05) is 37.6 Å². The molecule has 1 heterocycles. The van der Waals surface area contributed by atoms with Gasteiger partial charge in [-0.25, -0.2) is 13.1 Å². The van der Waals surface area contributed by atoms with Crippen LogP contribution < -0.4 is 14.9 Å². The summed E-state index contributed by atoms with van der Waals surface area (Å²) in [7, 11) is -3.64. The van der Waals surface area contributed by atoms with Crippen molar-refractivity contribution in [3.05, 3.63) is 71.2 Å². The smallest absolute Gasteiger partial charge is 0.242 e. The first kappa shape index (κ1) is 20.2. The van der Waals surface area contributed by atoms with Crippen molar-refractivity contribution in [3.8, 4) is 0 Å². The van der Waals surface area contributed by atoms with Gasteiger partial charge in [-0.2, -0.15) is 0 Å². The van der Waals surface area contributed by atoms with Gasteiger partial charge < -0.3 is 10.2 Å². The van der Waals surface area contributed by atoms with Crippen molar-refractivity contribution < 1.29 is 8.42 Å². The third kappa shape index (κ3) is 4.41. The van der Waals surface area contributed by atoms with Gasteiger partial charge in [0.25, 0.3) is 0 Å². The van der Waals surface area contributed by atoms with Crippen LogP contribution >= 0.6 is 11.6 Å². The van der Waals surface area contributed by atoms with Crippen molar-refractivity contribution >= 4 is 38.1 Å². The maximum absolute atomic E-state index is 12.6. The van der Waals surface area contributed by atoms with Crippen LogP contribution in [0.25, 0.3) is 10.8 Å². The second kappa shape index (κ2) is 8.71. The van der Waals surface area contributed by atoms with Crippen LogP contribution in [0.5, 0.6) is 0 Å². The van der Waals surface area contributed by atoms with Crippen LogP contribution in [0.4, 0.5) is 5.69 Å². The SMILES string of the molecule is O=S(=O)(NCCc1ccc(N2CCNCC2)c2ccccc12)c1ccccc1Cl. The van der Waals surface area contributed by atoms with Crippen LogP contribution in [-0.2, 0) is 16.4 Å². The molecule has 0 spiro atoms. The van der Waals surface area contributed by atoms with Crippen LogP contribution in [0.3, 0.4) is 0 Å². The normalized spacial score (nSPS) is 15.0. The average Bonchev–Trinajstić information content (AvgIpc) is 2.74. The number of hydrogen-bond acceptors (Lipinski definition) is 4. The van der Waals surface area contributed by atoms with E-state index in [1.807, 2.05) is 6.07 Å². The van der Waals surface area contributed by atoms with E-state index in [-0.39, 0.29) is 9.92 Å². The Morgan fingerprint density at radius 2 is 1.62 bits per heavy atom. The molecule has 0 bridgehead atoms. The van der Waals surface area contributed by atoms with Gasteiger partial charge in [-0.05, 0) is 35.6 Å². The fourth-order valence-corrected chi connectivity index (χ4v) is 5.35. The molecule has 1 fully saturated rings. The molecule has 5 nitrogen and oxygen atoms in total. The Kier molecular flexibility index (Phi) is 6.06. The summed E-state index contributed by atoms with van der Waals surface area (Å²) in [6.45, 7) is 4.26. The van der Waals surface area contributed by atoms with Crippen LogP contribution in [0.2, 0.25) is 5.02 Å². The van der Waals surface area contributed by atoms with Crippen LogP contribution in [-0.4, -0.2) is 41.1 Å². The van der Waals surface area contributed by atoms with Gasteiger partial charge in [0, 0.05) is 43.8 Å². The third-order valence-corrected chi connectivity index (χ3v) is 7.22. The van der Waals surface area contributed by atoms with Crippen molar-refractivity contribution in [2.24, 2.45) is 0 Å². The molecular formula is C22H24ClN3O2S. The molecule has 7 heteroatoms. The molecule has 152 valence electrons. The predicted octanol–water partition coefficient (Wildman–Crippen LogP) is 3.42. The summed E-state index contributed by atoms with van der Waals surface area (Å²) in [6.07, 6.45) is 0.603. The van der Waals surface area contributed by atoms with Gasteiger partial charge in [0.15, 0.2) is 0 Å². The second-order valence-electron chi connectivity index (χ2n) is 7.10. The number of nitrogens with zero attached hydrogens (tertiary/aromatic N) is 1. The molecule has 3 aromatic carbocycles. The zero-order valence-electron chi connectivity index (χ0n) is 16.1. The molecule has 29 heavy (non-hydrogen) atoms. The molecule has 1 saturated heterocycles. The largest absolute Gasteiger partial charge is 0.368 e. The number of benzene rings is 3. The van der Waals surface area contributed by atoms with Crippen molar-refractivity contribution in [3.63, 3.8) is 0 Å². The number of fused-ring (bicyclic) bond motifs is 1. The quantitative estimate of drug-likeness (QED) is 0.630. The molecule has 0 radical (unpaired) electrons. The van der Waals surface area contributed by atoms with Crippen LogP contribution in [0.1, 0.15) is 5.56 Å². The van der Waals surface area contributed by atoms with Gasteiger partial charge in [-0.3, -0.25) is 0 Å². The van der Waals surface area contributed by atoms with Crippen LogP contribution in [0, 0.1) is 0 Å². The number of sulfonamides is 1. The maximum atomic E-state index is 12.6. The minimum Gasteiger partial charge on any atom is -0.368 e. The zero-order valence-corrected chi connectivity index (χ0v) is 17.6. The number of anilines is 1. The minimum absolute atomic E-state index is 0.112. The average molecular weight is 430 g/mol. The number of rotatable bonds is 6. The molecule has 0 aromatic heterocycles. The first-order valence-electron chi connectivity index (χ1n) is 9.77. The highest BCUT2D eigenvalue weighted by molar-refractivity contribution is 7.89. The van der Waals surface area contributed by atoms with Gasteiger partial charge in [-0.1, -0.05) is 54.1 Å². The molecule has 1 aliphatic heterocycles. The molecule has 4 rings (SSSR count). The highest BCUT2D eigenvalue weighted by atomic mass is 35.5. The van der Waals surface area contributed by atoms with Crippen LogP contribution in [0.15, 0.2) is 65.6 Å². The predicted molar refractivity (Wildman–Crippen MR) is 119 cm³/mol. The standard InChI is InChI=1S/C22H24ClN3O2S/c23-20-7-3-4-8-22(20)29(27,28)25-12-11-17-9-10-21(26-15-13-24-14-16-26)19-6-2-1-5-18(17)19/h1-10,24-25H,11-16H2. The van der Waals surface area contributed by atoms with E-state index in [1.165, 1.54) is 22.5 Å². The third-order valence-electron chi connectivity index (χ3n) is 5.26. The molecule has 1 aliphatic rings. The number of nitrogens with one attached hydrogen (secondary N) is 2. The Bertz CT molecular complexity index is 1110. The molecule has 2 N–H and O–H groups in total. The van der Waals surface area contributed by atoms with E-state index >= 15 is 0 Å². The molecule has 0 atom stereocenters. The molecule has 3 aromatic rings. The second-order valence-corrected chi connectivity index (χ2v) is 9.25. The first-order valence-corrected chi connectivity index (χ1v) is 11.6. The van der Waals surface area contributed by atoms with Crippen molar-refractivity contribution in [2.45, 2.75) is 11.3 Å². The number of hydrogen-bond donors (Lipinski definition) is 2. The summed E-state index contributed by atoms with van der Waals surface area (Å²) in [4.78, 5) is 2.52. The van der Waals surface area contributed by atoms with E-state index in [9.17, 15) is 8.42 Å². The van der Waals surface area contributed by atoms with E-state index in [0.29, 0.717) is 13.0 Å². The van der Waals surface area contributed by atoms with Gasteiger partial charge >= 0.3 is 0 Å². The lowest BCUT2D eigenvalue weighted by molar-refractivity contribution is 0.582. The van der Waals surface area contributed by atoms with Crippen molar-refractivity contribution in [1.29, 1.82) is 0 Å². The highest BCUT2D eigenvalue weighted by Crippen LogP contribution is 2.30. The minimum atomic E-state index is -3.64. The highest BCUT2D eigenvalue weighted by Gasteiger charge is 2.18. The first-order chi connectivity index (χ1) is 14.1. The maximum Gasteiger partial charge on any atom is 0.242 e. The van der Waals surface area contributed by atoms with E-state index < -0.39 is 10.0 Å². The lowest BCUT2D eigenvalue weighted by atomic mass is 10.00. The van der Waals surface area contributed by atoms with Crippen molar-refractivity contribution in [1.82, 2.24) is 10.0 Å². The lowest BCUT2D eigenvalue weighted by Gasteiger charge is -2.30. The Morgan fingerprint density at radius 3 is 2.38 bits per heavy atom. The Balaban J connectivity index is 1.54. The summed E-state index contributed by atoms with van der Waals surface area (Å²) < 4.78 is 27.8. The monoisotopic (exact) mass is 429 g/mol. The van der Waals surface area contributed by atoms with E-state index in [0.717, 1.165) is 31.7 Å². The molecule has 0 aliphatic carbocycles. The van der Waals surface area contributed by atoms with E-state index in [4.69, 9.17) is 11.6 Å². The Labute approximate surface area is 176 Å². The van der Waals surface area contributed by atoms with Gasteiger partial charge in [0.2, 0.25) is 10.0 Å². The fourth-order valence-electron chi connectivity index (χ4n) is 3.81. The zero-order chi connectivity index (χ0) is 20.3. The molecular weight excluding hydrogens is 406 g/mol. The summed E-state index contributed by atoms with van der Waals surface area (Å²) in [5.41, 5.74) is 2.36. The summed E-state index contributed by atoms with van der Waals surface area (Å²) in [5, 5.41) is 5.99. The summed E-state index contributed by atoms with van der Waals surface area (Å²) >= 11 is 6.05. The Morgan fingerprint density at radius 1 is 0.931 bits per heavy atom. The molecule has 0 amide bonds. The van der Waals surface area contributed by atoms with E-state index in [2.05, 4.69) is 45.3 Å². The number of piperazine rings is 1. The Hall–Kier alpha value is -2.12. The topological polar surface area (TPSA) is 61.4 Å². The number of halogens is 1. The van der Waals surface area contributed by atoms with Gasteiger partial charge in [-0.15, -0.1) is 0 Å². The fraction of sp³-hybridized carbons (Fsp3) is 0.273. The lowest BCUT2D eigenvalue weighted by Crippen LogP contribution is -2.43. The molecule has 0 saturated carbocycles. The van der Waals surface area contributed by atoms with Gasteiger partial charge in [0.05, 0.1) is 5.02 Å².